The standard InChI is InChI=1S/C25H22ClNO4/c1-28-20-9-4-17(5-10-20)25(27-31-14-16-2-7-19(26)8-3-16)22-13-21(22)18-6-11-23-24(12-18)30-15-29-23/h2-12,21-22H,13-15H2,1H3/b27-25-/t21-,22-/m0/s1. The highest BCUT2D eigenvalue weighted by Crippen LogP contribution is 2.51. The Morgan fingerprint density at radius 3 is 2.55 bits per heavy atom. The Balaban J connectivity index is 1.36. The minimum Gasteiger partial charge on any atom is -0.497 e. The van der Waals surface area contributed by atoms with E-state index in [4.69, 9.17) is 30.6 Å². The molecule has 0 aromatic heterocycles. The van der Waals surface area contributed by atoms with Crippen molar-refractivity contribution >= 4 is 17.3 Å². The predicted molar refractivity (Wildman–Crippen MR) is 119 cm³/mol. The molecule has 2 atom stereocenters. The van der Waals surface area contributed by atoms with E-state index < -0.39 is 0 Å². The van der Waals surface area contributed by atoms with Gasteiger partial charge in [-0.2, -0.15) is 0 Å². The number of benzene rings is 3. The van der Waals surface area contributed by atoms with E-state index >= 15 is 0 Å². The molecule has 0 unspecified atom stereocenters. The second-order valence-corrected chi connectivity index (χ2v) is 8.10. The monoisotopic (exact) mass is 435 g/mol. The van der Waals surface area contributed by atoms with Crippen LogP contribution in [0, 0.1) is 5.92 Å². The SMILES string of the molecule is COc1ccc(/C(=N/OCc2ccc(Cl)cc2)[C@H]2C[C@H]2c2ccc3c(c2)OCO3)cc1. The first-order valence-electron chi connectivity index (χ1n) is 10.2. The topological polar surface area (TPSA) is 49.3 Å². The number of rotatable bonds is 7. The number of fused-ring (bicyclic) bond motifs is 1. The number of oxime groups is 1. The van der Waals surface area contributed by atoms with Crippen molar-refractivity contribution in [3.63, 3.8) is 0 Å². The molecule has 1 aliphatic carbocycles. The van der Waals surface area contributed by atoms with Crippen molar-refractivity contribution < 1.29 is 19.0 Å². The first kappa shape index (κ1) is 19.8. The van der Waals surface area contributed by atoms with Crippen LogP contribution >= 0.6 is 11.6 Å². The lowest BCUT2D eigenvalue weighted by Gasteiger charge is -2.09. The summed E-state index contributed by atoms with van der Waals surface area (Å²) in [5.74, 6) is 3.07. The highest BCUT2D eigenvalue weighted by molar-refractivity contribution is 6.30. The zero-order valence-electron chi connectivity index (χ0n) is 17.1. The Bertz CT molecular complexity index is 1100. The highest BCUT2D eigenvalue weighted by atomic mass is 35.5. The van der Waals surface area contributed by atoms with E-state index in [0.717, 1.165) is 40.5 Å². The van der Waals surface area contributed by atoms with E-state index in [9.17, 15) is 0 Å². The van der Waals surface area contributed by atoms with Crippen LogP contribution in [0.25, 0.3) is 0 Å². The Morgan fingerprint density at radius 2 is 1.77 bits per heavy atom. The Hall–Kier alpha value is -3.18. The summed E-state index contributed by atoms with van der Waals surface area (Å²) in [7, 11) is 1.66. The van der Waals surface area contributed by atoms with Crippen LogP contribution in [0.3, 0.4) is 0 Å². The van der Waals surface area contributed by atoms with Gasteiger partial charge in [0, 0.05) is 10.9 Å². The molecule has 0 amide bonds. The van der Waals surface area contributed by atoms with Crippen molar-refractivity contribution in [2.24, 2.45) is 11.1 Å². The molecule has 5 nitrogen and oxygen atoms in total. The average Bonchev–Trinajstić information content (AvgIpc) is 3.45. The minimum absolute atomic E-state index is 0.277. The number of nitrogens with zero attached hydrogens (tertiary/aromatic N) is 1. The van der Waals surface area contributed by atoms with Gasteiger partial charge in [-0.3, -0.25) is 0 Å². The lowest BCUT2D eigenvalue weighted by Crippen LogP contribution is -2.07. The maximum absolute atomic E-state index is 5.96. The summed E-state index contributed by atoms with van der Waals surface area (Å²) in [5.41, 5.74) is 4.22. The fourth-order valence-electron chi connectivity index (χ4n) is 3.86. The average molecular weight is 436 g/mol. The van der Waals surface area contributed by atoms with Gasteiger partial charge in [0.2, 0.25) is 6.79 Å². The quantitative estimate of drug-likeness (QED) is 0.347. The van der Waals surface area contributed by atoms with Gasteiger partial charge < -0.3 is 19.0 Å². The van der Waals surface area contributed by atoms with Gasteiger partial charge in [-0.05, 0) is 77.6 Å². The number of hydrogen-bond donors (Lipinski definition) is 0. The summed E-state index contributed by atoms with van der Waals surface area (Å²) in [6.45, 7) is 0.669. The van der Waals surface area contributed by atoms with Gasteiger partial charge in [0.05, 0.1) is 12.8 Å². The molecule has 3 aromatic carbocycles. The van der Waals surface area contributed by atoms with E-state index in [0.29, 0.717) is 17.5 Å². The van der Waals surface area contributed by atoms with Crippen LogP contribution < -0.4 is 14.2 Å². The molecule has 1 heterocycles. The molecule has 1 aliphatic heterocycles. The lowest BCUT2D eigenvalue weighted by molar-refractivity contribution is 0.130. The van der Waals surface area contributed by atoms with Crippen LogP contribution in [0.4, 0.5) is 0 Å². The molecule has 2 aliphatic rings. The molecule has 0 saturated heterocycles. The fraction of sp³-hybridized carbons (Fsp3) is 0.240. The molecule has 6 heteroatoms. The van der Waals surface area contributed by atoms with E-state index in [1.807, 2.05) is 54.6 Å². The Labute approximate surface area is 186 Å². The zero-order valence-corrected chi connectivity index (χ0v) is 17.8. The fourth-order valence-corrected chi connectivity index (χ4v) is 3.99. The molecule has 1 fully saturated rings. The van der Waals surface area contributed by atoms with Gasteiger partial charge in [-0.15, -0.1) is 0 Å². The minimum atomic E-state index is 0.277. The first-order valence-corrected chi connectivity index (χ1v) is 10.6. The van der Waals surface area contributed by atoms with Crippen molar-refractivity contribution in [3.05, 3.63) is 88.4 Å². The van der Waals surface area contributed by atoms with E-state index in [1.165, 1.54) is 5.56 Å². The first-order chi connectivity index (χ1) is 15.2. The highest BCUT2D eigenvalue weighted by Gasteiger charge is 2.43. The molecule has 0 N–H and O–H groups in total. The van der Waals surface area contributed by atoms with Crippen molar-refractivity contribution in [2.45, 2.75) is 18.9 Å². The Morgan fingerprint density at radius 1 is 1.00 bits per heavy atom. The van der Waals surface area contributed by atoms with Crippen molar-refractivity contribution in [2.75, 3.05) is 13.9 Å². The van der Waals surface area contributed by atoms with Gasteiger partial charge in [-0.1, -0.05) is 35.0 Å². The van der Waals surface area contributed by atoms with Gasteiger partial charge in [0.15, 0.2) is 11.5 Å². The normalized spacial score (nSPS) is 19.2. The third kappa shape index (κ3) is 4.32. The third-order valence-corrected chi connectivity index (χ3v) is 5.91. The maximum Gasteiger partial charge on any atom is 0.231 e. The van der Waals surface area contributed by atoms with E-state index in [1.54, 1.807) is 7.11 Å². The second kappa shape index (κ2) is 8.52. The van der Waals surface area contributed by atoms with Crippen molar-refractivity contribution in [1.82, 2.24) is 0 Å². The van der Waals surface area contributed by atoms with Crippen LogP contribution in [0.5, 0.6) is 17.2 Å². The molecule has 0 bridgehead atoms. The second-order valence-electron chi connectivity index (χ2n) is 7.67. The summed E-state index contributed by atoms with van der Waals surface area (Å²) in [6, 6.07) is 21.7. The van der Waals surface area contributed by atoms with E-state index in [-0.39, 0.29) is 12.7 Å². The van der Waals surface area contributed by atoms with Gasteiger partial charge in [0.25, 0.3) is 0 Å². The summed E-state index contributed by atoms with van der Waals surface area (Å²) < 4.78 is 16.3. The number of halogens is 1. The van der Waals surface area contributed by atoms with Crippen molar-refractivity contribution in [3.8, 4) is 17.2 Å². The van der Waals surface area contributed by atoms with Gasteiger partial charge >= 0.3 is 0 Å². The predicted octanol–water partition coefficient (Wildman–Crippen LogP) is 5.80. The van der Waals surface area contributed by atoms with Crippen LogP contribution in [0.1, 0.15) is 29.0 Å². The van der Waals surface area contributed by atoms with Gasteiger partial charge in [0.1, 0.15) is 12.4 Å². The smallest absolute Gasteiger partial charge is 0.231 e. The molecular formula is C25H22ClNO4. The summed E-state index contributed by atoms with van der Waals surface area (Å²) in [4.78, 5) is 5.76. The molecule has 5 rings (SSSR count). The molecule has 1 saturated carbocycles. The maximum atomic E-state index is 5.96. The van der Waals surface area contributed by atoms with Crippen LogP contribution in [-0.2, 0) is 11.4 Å². The molecule has 0 spiro atoms. The summed E-state index contributed by atoms with van der Waals surface area (Å²) in [5, 5.41) is 5.27. The molecule has 0 radical (unpaired) electrons. The molecule has 3 aromatic rings. The molecule has 158 valence electrons. The van der Waals surface area contributed by atoms with Crippen LogP contribution in [0.2, 0.25) is 5.02 Å². The molecular weight excluding hydrogens is 414 g/mol. The summed E-state index contributed by atoms with van der Waals surface area (Å²) >= 11 is 5.96. The Kier molecular flexibility index (Phi) is 5.43. The lowest BCUT2D eigenvalue weighted by atomic mass is 10.0. The van der Waals surface area contributed by atoms with Crippen LogP contribution in [0.15, 0.2) is 71.9 Å². The number of methoxy groups -OCH3 is 1. The zero-order chi connectivity index (χ0) is 21.2. The summed E-state index contributed by atoms with van der Waals surface area (Å²) in [6.07, 6.45) is 1.01. The largest absolute Gasteiger partial charge is 0.497 e. The van der Waals surface area contributed by atoms with E-state index in [2.05, 4.69) is 17.3 Å². The molecule has 31 heavy (non-hydrogen) atoms. The third-order valence-electron chi connectivity index (χ3n) is 5.66. The van der Waals surface area contributed by atoms with Gasteiger partial charge in [-0.25, -0.2) is 0 Å². The van der Waals surface area contributed by atoms with Crippen LogP contribution in [-0.4, -0.2) is 19.6 Å². The number of hydrogen-bond acceptors (Lipinski definition) is 5. The number of ether oxygens (including phenoxy) is 3. The van der Waals surface area contributed by atoms with Crippen molar-refractivity contribution in [1.29, 1.82) is 0 Å².